The molecule has 0 heterocycles. The van der Waals surface area contributed by atoms with Crippen molar-refractivity contribution in [3.05, 3.63) is 29.3 Å². The third-order valence-electron chi connectivity index (χ3n) is 4.42. The molecule has 2 aliphatic rings. The predicted octanol–water partition coefficient (Wildman–Crippen LogP) is 3.31. The molecule has 0 aromatic heterocycles. The minimum atomic E-state index is -0.451. The third-order valence-corrected chi connectivity index (χ3v) is 4.42. The summed E-state index contributed by atoms with van der Waals surface area (Å²) >= 11 is 0. The zero-order valence-corrected chi connectivity index (χ0v) is 12.1. The van der Waals surface area contributed by atoms with Crippen molar-refractivity contribution < 1.29 is 8.78 Å². The van der Waals surface area contributed by atoms with Gasteiger partial charge >= 0.3 is 0 Å². The summed E-state index contributed by atoms with van der Waals surface area (Å²) in [6.45, 7) is 3.45. The Labute approximate surface area is 119 Å². The van der Waals surface area contributed by atoms with E-state index in [1.165, 1.54) is 25.0 Å². The van der Waals surface area contributed by atoms with Gasteiger partial charge in [-0.15, -0.1) is 0 Å². The van der Waals surface area contributed by atoms with Crippen molar-refractivity contribution in [2.45, 2.75) is 38.8 Å². The molecule has 1 aromatic rings. The van der Waals surface area contributed by atoms with E-state index in [0.717, 1.165) is 13.0 Å². The molecule has 0 saturated heterocycles. The van der Waals surface area contributed by atoms with Gasteiger partial charge in [0.1, 0.15) is 17.3 Å². The summed E-state index contributed by atoms with van der Waals surface area (Å²) in [5.41, 5.74) is 0.795. The van der Waals surface area contributed by atoms with Gasteiger partial charge in [0, 0.05) is 26.2 Å². The summed E-state index contributed by atoms with van der Waals surface area (Å²) in [7, 11) is 1.77. The first kappa shape index (κ1) is 13.8. The summed E-state index contributed by atoms with van der Waals surface area (Å²) in [4.78, 5) is 1.72. The molecule has 0 spiro atoms. The zero-order chi connectivity index (χ0) is 14.3. The second-order valence-corrected chi connectivity index (χ2v) is 6.42. The molecule has 0 amide bonds. The van der Waals surface area contributed by atoms with Crippen LogP contribution in [0.15, 0.2) is 12.1 Å². The van der Waals surface area contributed by atoms with Gasteiger partial charge in [0.15, 0.2) is 0 Å². The van der Waals surface area contributed by atoms with Crippen molar-refractivity contribution in [2.24, 2.45) is 11.8 Å². The zero-order valence-electron chi connectivity index (χ0n) is 12.1. The lowest BCUT2D eigenvalue weighted by atomic mass is 10.1. The maximum Gasteiger partial charge on any atom is 0.149 e. The molecule has 0 aliphatic heterocycles. The van der Waals surface area contributed by atoms with E-state index in [4.69, 9.17) is 0 Å². The van der Waals surface area contributed by atoms with E-state index in [9.17, 15) is 8.78 Å². The number of anilines is 1. The number of halogens is 2. The van der Waals surface area contributed by atoms with Crippen LogP contribution in [0, 0.1) is 23.5 Å². The molecular weight excluding hydrogens is 258 g/mol. The van der Waals surface area contributed by atoms with E-state index < -0.39 is 11.6 Å². The Morgan fingerprint density at radius 3 is 2.35 bits per heavy atom. The Morgan fingerprint density at radius 2 is 1.85 bits per heavy atom. The fourth-order valence-corrected chi connectivity index (χ4v) is 2.73. The minimum absolute atomic E-state index is 0.110. The van der Waals surface area contributed by atoms with Gasteiger partial charge in [-0.25, -0.2) is 8.78 Å². The quantitative estimate of drug-likeness (QED) is 0.860. The molecule has 2 atom stereocenters. The molecular formula is C16H22F2N2. The van der Waals surface area contributed by atoms with Crippen LogP contribution in [-0.2, 0) is 6.54 Å². The molecule has 2 unspecified atom stereocenters. The van der Waals surface area contributed by atoms with Crippen LogP contribution >= 0.6 is 0 Å². The molecule has 1 N–H and O–H groups in total. The lowest BCUT2D eigenvalue weighted by molar-refractivity contribution is 0.564. The van der Waals surface area contributed by atoms with E-state index in [1.807, 2.05) is 0 Å². The first-order chi connectivity index (χ1) is 9.54. The molecule has 20 heavy (non-hydrogen) atoms. The fraction of sp³-hybridized carbons (Fsp3) is 0.625. The summed E-state index contributed by atoms with van der Waals surface area (Å²) < 4.78 is 28.3. The number of benzene rings is 1. The lowest BCUT2D eigenvalue weighted by Crippen LogP contribution is -2.23. The lowest BCUT2D eigenvalue weighted by Gasteiger charge is -2.21. The van der Waals surface area contributed by atoms with Crippen LogP contribution in [0.5, 0.6) is 0 Å². The number of nitrogens with one attached hydrogen (secondary N) is 1. The minimum Gasteiger partial charge on any atom is -0.370 e. The van der Waals surface area contributed by atoms with Crippen molar-refractivity contribution in [1.82, 2.24) is 5.32 Å². The maximum atomic E-state index is 14.2. The number of nitrogens with zero attached hydrogens (tertiary/aromatic N) is 1. The van der Waals surface area contributed by atoms with Gasteiger partial charge in [0.25, 0.3) is 0 Å². The van der Waals surface area contributed by atoms with E-state index in [-0.39, 0.29) is 5.69 Å². The van der Waals surface area contributed by atoms with Crippen LogP contribution in [0.1, 0.15) is 31.7 Å². The Kier molecular flexibility index (Phi) is 3.67. The summed E-state index contributed by atoms with van der Waals surface area (Å²) in [5.74, 6) is 0.363. The van der Waals surface area contributed by atoms with Gasteiger partial charge in [-0.2, -0.15) is 0 Å². The number of hydrogen-bond donors (Lipinski definition) is 1. The van der Waals surface area contributed by atoms with E-state index >= 15 is 0 Å². The molecule has 4 heteroatoms. The molecule has 0 bridgehead atoms. The van der Waals surface area contributed by atoms with Crippen LogP contribution in [0.3, 0.4) is 0 Å². The van der Waals surface area contributed by atoms with Crippen molar-refractivity contribution in [3.8, 4) is 0 Å². The van der Waals surface area contributed by atoms with Crippen LogP contribution < -0.4 is 10.2 Å². The van der Waals surface area contributed by atoms with Crippen molar-refractivity contribution in [2.75, 3.05) is 18.5 Å². The van der Waals surface area contributed by atoms with Crippen LogP contribution in [0.2, 0.25) is 0 Å². The van der Waals surface area contributed by atoms with E-state index in [2.05, 4.69) is 12.2 Å². The van der Waals surface area contributed by atoms with Gasteiger partial charge in [0.05, 0.1) is 0 Å². The van der Waals surface area contributed by atoms with Crippen molar-refractivity contribution in [1.29, 1.82) is 0 Å². The van der Waals surface area contributed by atoms with Gasteiger partial charge in [-0.05, 0) is 48.8 Å². The van der Waals surface area contributed by atoms with Gasteiger partial charge in [-0.1, -0.05) is 6.92 Å². The average Bonchev–Trinajstić information content (AvgIpc) is 3.26. The Hall–Kier alpha value is -1.16. The fourth-order valence-electron chi connectivity index (χ4n) is 2.73. The Bertz CT molecular complexity index is 476. The second kappa shape index (κ2) is 5.32. The molecule has 0 radical (unpaired) electrons. The summed E-state index contributed by atoms with van der Waals surface area (Å²) in [6.07, 6.45) is 3.51. The van der Waals surface area contributed by atoms with E-state index in [0.29, 0.717) is 30.0 Å². The smallest absolute Gasteiger partial charge is 0.149 e. The standard InChI is InChI=1S/C16H22F2N2/c1-10-5-12(10)9-20(2)16-14(17)6-11(7-15(16)18)8-19-13-3-4-13/h6-7,10,12-13,19H,3-5,8-9H2,1-2H3. The molecule has 2 fully saturated rings. The normalized spacial score (nSPS) is 24.8. The van der Waals surface area contributed by atoms with Gasteiger partial charge in [0.2, 0.25) is 0 Å². The monoisotopic (exact) mass is 280 g/mol. The van der Waals surface area contributed by atoms with Crippen molar-refractivity contribution in [3.63, 3.8) is 0 Å². The molecule has 2 nitrogen and oxygen atoms in total. The largest absolute Gasteiger partial charge is 0.370 e. The molecule has 1 aromatic carbocycles. The highest BCUT2D eigenvalue weighted by Crippen LogP contribution is 2.39. The van der Waals surface area contributed by atoms with Crippen LogP contribution in [-0.4, -0.2) is 19.6 Å². The third kappa shape index (κ3) is 3.11. The maximum absolute atomic E-state index is 14.2. The predicted molar refractivity (Wildman–Crippen MR) is 76.8 cm³/mol. The van der Waals surface area contributed by atoms with Crippen LogP contribution in [0.4, 0.5) is 14.5 Å². The highest BCUT2D eigenvalue weighted by atomic mass is 19.1. The number of rotatable bonds is 6. The first-order valence-electron chi connectivity index (χ1n) is 7.47. The first-order valence-corrected chi connectivity index (χ1v) is 7.47. The highest BCUT2D eigenvalue weighted by Gasteiger charge is 2.34. The molecule has 2 saturated carbocycles. The summed E-state index contributed by atoms with van der Waals surface area (Å²) in [6, 6.07) is 3.46. The SMILES string of the molecule is CC1CC1CN(C)c1c(F)cc(CNC2CC2)cc1F. The second-order valence-electron chi connectivity index (χ2n) is 6.42. The van der Waals surface area contributed by atoms with Gasteiger partial charge < -0.3 is 10.2 Å². The highest BCUT2D eigenvalue weighted by molar-refractivity contribution is 5.50. The van der Waals surface area contributed by atoms with Crippen molar-refractivity contribution >= 4 is 5.69 Å². The summed E-state index contributed by atoms with van der Waals surface area (Å²) in [5, 5.41) is 3.28. The number of hydrogen-bond acceptors (Lipinski definition) is 2. The van der Waals surface area contributed by atoms with Crippen LogP contribution in [0.25, 0.3) is 0 Å². The average molecular weight is 280 g/mol. The topological polar surface area (TPSA) is 15.3 Å². The van der Waals surface area contributed by atoms with Gasteiger partial charge in [-0.3, -0.25) is 0 Å². The molecule has 3 rings (SSSR count). The Balaban J connectivity index is 1.69. The molecule has 2 aliphatic carbocycles. The Morgan fingerprint density at radius 1 is 1.25 bits per heavy atom. The van der Waals surface area contributed by atoms with E-state index in [1.54, 1.807) is 11.9 Å². The molecule has 110 valence electrons.